The third-order valence-corrected chi connectivity index (χ3v) is 4.69. The number of hydrogen-bond donors (Lipinski definition) is 0. The summed E-state index contributed by atoms with van der Waals surface area (Å²) in [7, 11) is 1.65. The Morgan fingerprint density at radius 3 is 2.24 bits per heavy atom. The van der Waals surface area contributed by atoms with E-state index < -0.39 is 0 Å². The maximum Gasteiger partial charge on any atom is 0.232 e. The lowest BCUT2D eigenvalue weighted by atomic mass is 9.87. The van der Waals surface area contributed by atoms with Crippen LogP contribution in [0.25, 0.3) is 0 Å². The first-order valence-corrected chi connectivity index (χ1v) is 8.37. The Kier molecular flexibility index (Phi) is 3.98. The molecule has 1 amide bonds. The zero-order valence-electron chi connectivity index (χ0n) is 14.1. The molecule has 1 atom stereocenters. The van der Waals surface area contributed by atoms with Crippen LogP contribution >= 0.6 is 0 Å². The fourth-order valence-corrected chi connectivity index (χ4v) is 3.58. The highest BCUT2D eigenvalue weighted by Gasteiger charge is 2.35. The Labute approximate surface area is 147 Å². The van der Waals surface area contributed by atoms with Crippen LogP contribution in [0.4, 0.5) is 5.69 Å². The molecule has 1 unspecified atom stereocenters. The number of rotatable bonds is 3. The second kappa shape index (κ2) is 6.44. The standard InChI is InChI=1S/C22H19NO2/c1-25-20-14-8-13-18-19(20)15-21(24)23(17-11-6-3-7-12-17)22(18)16-9-4-2-5-10-16/h2-14,22H,15H2,1H3. The number of methoxy groups -OCH3 is 1. The Morgan fingerprint density at radius 2 is 1.56 bits per heavy atom. The summed E-state index contributed by atoms with van der Waals surface area (Å²) in [4.78, 5) is 15.0. The number of carbonyl (C=O) groups is 1. The van der Waals surface area contributed by atoms with E-state index in [1.165, 1.54) is 0 Å². The summed E-state index contributed by atoms with van der Waals surface area (Å²) in [5, 5.41) is 0. The molecule has 0 bridgehead atoms. The largest absolute Gasteiger partial charge is 0.496 e. The van der Waals surface area contributed by atoms with Gasteiger partial charge in [0.1, 0.15) is 5.75 Å². The van der Waals surface area contributed by atoms with Gasteiger partial charge >= 0.3 is 0 Å². The normalized spacial score (nSPS) is 16.4. The van der Waals surface area contributed by atoms with E-state index in [1.54, 1.807) is 7.11 Å². The van der Waals surface area contributed by atoms with Crippen molar-refractivity contribution in [1.82, 2.24) is 0 Å². The molecule has 1 aliphatic rings. The molecule has 124 valence electrons. The van der Waals surface area contributed by atoms with Crippen molar-refractivity contribution in [2.24, 2.45) is 0 Å². The summed E-state index contributed by atoms with van der Waals surface area (Å²) in [5.41, 5.74) is 4.11. The van der Waals surface area contributed by atoms with E-state index in [1.807, 2.05) is 65.6 Å². The second-order valence-corrected chi connectivity index (χ2v) is 6.12. The highest BCUT2D eigenvalue weighted by Crippen LogP contribution is 2.41. The summed E-state index contributed by atoms with van der Waals surface area (Å²) in [6.45, 7) is 0. The van der Waals surface area contributed by atoms with Crippen molar-refractivity contribution in [3.8, 4) is 5.75 Å². The second-order valence-electron chi connectivity index (χ2n) is 6.12. The van der Waals surface area contributed by atoms with Crippen molar-refractivity contribution in [1.29, 1.82) is 0 Å². The average molecular weight is 329 g/mol. The van der Waals surface area contributed by atoms with E-state index in [9.17, 15) is 4.79 Å². The van der Waals surface area contributed by atoms with Crippen molar-refractivity contribution in [3.63, 3.8) is 0 Å². The number of ether oxygens (including phenoxy) is 1. The van der Waals surface area contributed by atoms with Gasteiger partial charge in [-0.15, -0.1) is 0 Å². The summed E-state index contributed by atoms with van der Waals surface area (Å²) in [6.07, 6.45) is 0.345. The first-order chi connectivity index (χ1) is 12.3. The molecule has 0 aliphatic carbocycles. The third kappa shape index (κ3) is 2.68. The van der Waals surface area contributed by atoms with Crippen LogP contribution in [0.1, 0.15) is 22.7 Å². The summed E-state index contributed by atoms with van der Waals surface area (Å²) >= 11 is 0. The van der Waals surface area contributed by atoms with Crippen molar-refractivity contribution in [2.75, 3.05) is 12.0 Å². The summed E-state index contributed by atoms with van der Waals surface area (Å²) in [5.74, 6) is 0.858. The van der Waals surface area contributed by atoms with E-state index >= 15 is 0 Å². The molecule has 3 heteroatoms. The maximum atomic E-state index is 13.1. The van der Waals surface area contributed by atoms with Gasteiger partial charge in [0.2, 0.25) is 5.91 Å². The van der Waals surface area contributed by atoms with Gasteiger partial charge in [0.25, 0.3) is 0 Å². The average Bonchev–Trinajstić information content (AvgIpc) is 2.68. The van der Waals surface area contributed by atoms with Crippen molar-refractivity contribution >= 4 is 11.6 Å². The molecule has 0 N–H and O–H groups in total. The van der Waals surface area contributed by atoms with E-state index in [2.05, 4.69) is 18.2 Å². The lowest BCUT2D eigenvalue weighted by Crippen LogP contribution is -2.41. The van der Waals surface area contributed by atoms with Gasteiger partial charge in [-0.05, 0) is 29.3 Å². The van der Waals surface area contributed by atoms with Crippen molar-refractivity contribution < 1.29 is 9.53 Å². The van der Waals surface area contributed by atoms with Gasteiger partial charge in [-0.1, -0.05) is 60.7 Å². The van der Waals surface area contributed by atoms with Gasteiger partial charge in [-0.3, -0.25) is 4.79 Å². The summed E-state index contributed by atoms with van der Waals surface area (Å²) < 4.78 is 5.52. The minimum Gasteiger partial charge on any atom is -0.496 e. The number of amides is 1. The maximum absolute atomic E-state index is 13.1. The van der Waals surface area contributed by atoms with E-state index in [0.717, 1.165) is 28.1 Å². The number of carbonyl (C=O) groups excluding carboxylic acids is 1. The number of hydrogen-bond acceptors (Lipinski definition) is 2. The van der Waals surface area contributed by atoms with Crippen LogP contribution in [0, 0.1) is 0 Å². The highest BCUT2D eigenvalue weighted by atomic mass is 16.5. The predicted octanol–water partition coefficient (Wildman–Crippen LogP) is 4.37. The lowest BCUT2D eigenvalue weighted by molar-refractivity contribution is -0.118. The number of benzene rings is 3. The molecule has 1 heterocycles. The van der Waals surface area contributed by atoms with Crippen LogP contribution in [-0.4, -0.2) is 13.0 Å². The molecule has 0 spiro atoms. The fourth-order valence-electron chi connectivity index (χ4n) is 3.58. The van der Waals surface area contributed by atoms with Crippen LogP contribution < -0.4 is 9.64 Å². The summed E-state index contributed by atoms with van der Waals surface area (Å²) in [6, 6.07) is 25.9. The molecule has 4 rings (SSSR count). The first kappa shape index (κ1) is 15.5. The van der Waals surface area contributed by atoms with Crippen LogP contribution in [0.3, 0.4) is 0 Å². The van der Waals surface area contributed by atoms with Gasteiger partial charge in [0.15, 0.2) is 0 Å². The number of anilines is 1. The Bertz CT molecular complexity index is 890. The molecule has 1 aliphatic heterocycles. The molecule has 0 fully saturated rings. The molecule has 3 nitrogen and oxygen atoms in total. The molecule has 3 aromatic rings. The monoisotopic (exact) mass is 329 g/mol. The topological polar surface area (TPSA) is 29.5 Å². The van der Waals surface area contributed by atoms with Gasteiger partial charge < -0.3 is 9.64 Å². The Morgan fingerprint density at radius 1 is 0.880 bits per heavy atom. The fraction of sp³-hybridized carbons (Fsp3) is 0.136. The Hall–Kier alpha value is -3.07. The molecular weight excluding hydrogens is 310 g/mol. The van der Waals surface area contributed by atoms with E-state index in [-0.39, 0.29) is 11.9 Å². The first-order valence-electron chi connectivity index (χ1n) is 8.37. The van der Waals surface area contributed by atoms with Crippen LogP contribution in [0.15, 0.2) is 78.9 Å². The van der Waals surface area contributed by atoms with Crippen molar-refractivity contribution in [2.45, 2.75) is 12.5 Å². The number of nitrogens with zero attached hydrogens (tertiary/aromatic N) is 1. The molecule has 3 aromatic carbocycles. The van der Waals surface area contributed by atoms with Crippen LogP contribution in [0.2, 0.25) is 0 Å². The Balaban J connectivity index is 1.94. The molecular formula is C22H19NO2. The molecule has 0 saturated carbocycles. The molecule has 0 aromatic heterocycles. The minimum absolute atomic E-state index is 0.0806. The third-order valence-electron chi connectivity index (χ3n) is 4.69. The molecule has 0 radical (unpaired) electrons. The van der Waals surface area contributed by atoms with E-state index in [4.69, 9.17) is 4.74 Å². The smallest absolute Gasteiger partial charge is 0.232 e. The van der Waals surface area contributed by atoms with Gasteiger partial charge in [0, 0.05) is 11.3 Å². The molecule has 25 heavy (non-hydrogen) atoms. The highest BCUT2D eigenvalue weighted by molar-refractivity contribution is 5.98. The zero-order chi connectivity index (χ0) is 17.2. The van der Waals surface area contributed by atoms with E-state index in [0.29, 0.717) is 6.42 Å². The van der Waals surface area contributed by atoms with Crippen LogP contribution in [0.5, 0.6) is 5.75 Å². The van der Waals surface area contributed by atoms with Crippen LogP contribution in [-0.2, 0) is 11.2 Å². The van der Waals surface area contributed by atoms with Gasteiger partial charge in [0.05, 0.1) is 19.6 Å². The molecule has 0 saturated heterocycles. The number of para-hydroxylation sites is 1. The lowest BCUT2D eigenvalue weighted by Gasteiger charge is -2.38. The predicted molar refractivity (Wildman–Crippen MR) is 98.9 cm³/mol. The quantitative estimate of drug-likeness (QED) is 0.714. The van der Waals surface area contributed by atoms with Gasteiger partial charge in [-0.2, -0.15) is 0 Å². The number of fused-ring (bicyclic) bond motifs is 1. The minimum atomic E-state index is -0.157. The van der Waals surface area contributed by atoms with Gasteiger partial charge in [-0.25, -0.2) is 0 Å². The zero-order valence-corrected chi connectivity index (χ0v) is 14.1. The van der Waals surface area contributed by atoms with Crippen molar-refractivity contribution in [3.05, 3.63) is 95.6 Å². The SMILES string of the molecule is COc1cccc2c1CC(=O)N(c1ccccc1)C2c1ccccc1.